The Morgan fingerprint density at radius 1 is 1.04 bits per heavy atom. The number of hydrogen-bond donors (Lipinski definition) is 1. The molecule has 0 radical (unpaired) electrons. The molecule has 0 unspecified atom stereocenters. The van der Waals surface area contributed by atoms with Crippen LogP contribution in [0.2, 0.25) is 0 Å². The van der Waals surface area contributed by atoms with Crippen molar-refractivity contribution in [2.75, 3.05) is 6.61 Å². The van der Waals surface area contributed by atoms with Crippen LogP contribution in [-0.2, 0) is 12.8 Å². The van der Waals surface area contributed by atoms with Crippen LogP contribution in [-0.4, -0.2) is 31.5 Å². The van der Waals surface area contributed by atoms with E-state index < -0.39 is 5.95 Å². The SMILES string of the molecule is CCOc1ccc(Cc2ccc(Cc3c[nH]c4ncnc(C)c34)c(F)n2)cn1. The van der Waals surface area contributed by atoms with E-state index in [9.17, 15) is 4.39 Å². The average molecular weight is 377 g/mol. The molecule has 0 spiro atoms. The summed E-state index contributed by atoms with van der Waals surface area (Å²) in [6.07, 6.45) is 6.04. The first-order chi connectivity index (χ1) is 13.6. The minimum atomic E-state index is -0.458. The summed E-state index contributed by atoms with van der Waals surface area (Å²) in [5.74, 6) is 0.124. The molecule has 142 valence electrons. The Labute approximate surface area is 161 Å². The summed E-state index contributed by atoms with van der Waals surface area (Å²) >= 11 is 0. The molecule has 0 amide bonds. The highest BCUT2D eigenvalue weighted by Gasteiger charge is 2.13. The first-order valence-electron chi connectivity index (χ1n) is 9.13. The number of aromatic nitrogens is 5. The Kier molecular flexibility index (Phi) is 4.97. The van der Waals surface area contributed by atoms with Gasteiger partial charge in [-0.3, -0.25) is 0 Å². The molecule has 0 saturated carbocycles. The molecule has 1 N–H and O–H groups in total. The predicted molar refractivity (Wildman–Crippen MR) is 104 cm³/mol. The van der Waals surface area contributed by atoms with Crippen LogP contribution in [0.1, 0.15) is 35.0 Å². The van der Waals surface area contributed by atoms with E-state index in [1.807, 2.05) is 38.2 Å². The number of fused-ring (bicyclic) bond motifs is 1. The highest BCUT2D eigenvalue weighted by atomic mass is 19.1. The van der Waals surface area contributed by atoms with E-state index in [1.165, 1.54) is 6.33 Å². The number of nitrogens with one attached hydrogen (secondary N) is 1. The molecule has 0 atom stereocenters. The van der Waals surface area contributed by atoms with Gasteiger partial charge < -0.3 is 9.72 Å². The zero-order valence-electron chi connectivity index (χ0n) is 15.7. The summed E-state index contributed by atoms with van der Waals surface area (Å²) in [7, 11) is 0. The van der Waals surface area contributed by atoms with Crippen molar-refractivity contribution >= 4 is 11.0 Å². The number of rotatable bonds is 6. The highest BCUT2D eigenvalue weighted by Crippen LogP contribution is 2.23. The molecule has 7 heteroatoms. The van der Waals surface area contributed by atoms with Crippen molar-refractivity contribution in [3.8, 4) is 5.88 Å². The van der Waals surface area contributed by atoms with Gasteiger partial charge in [-0.1, -0.05) is 12.1 Å². The summed E-state index contributed by atoms with van der Waals surface area (Å²) in [4.78, 5) is 19.9. The minimum Gasteiger partial charge on any atom is -0.478 e. The zero-order chi connectivity index (χ0) is 19.5. The van der Waals surface area contributed by atoms with E-state index in [0.717, 1.165) is 27.9 Å². The molecule has 28 heavy (non-hydrogen) atoms. The van der Waals surface area contributed by atoms with Gasteiger partial charge in [0.2, 0.25) is 11.8 Å². The number of hydrogen-bond acceptors (Lipinski definition) is 5. The molecule has 0 aliphatic heterocycles. The Morgan fingerprint density at radius 2 is 1.93 bits per heavy atom. The number of aromatic amines is 1. The molecule has 0 aliphatic carbocycles. The van der Waals surface area contributed by atoms with Gasteiger partial charge in [0.05, 0.1) is 12.3 Å². The van der Waals surface area contributed by atoms with E-state index in [-0.39, 0.29) is 0 Å². The smallest absolute Gasteiger partial charge is 0.216 e. The summed E-state index contributed by atoms with van der Waals surface area (Å²) < 4.78 is 20.0. The Bertz CT molecular complexity index is 1110. The maximum absolute atomic E-state index is 14.6. The standard InChI is InChI=1S/C21H20FN5O/c1-3-28-18-7-4-14(10-23-18)8-17-6-5-15(20(22)27-17)9-16-11-24-21-19(16)13(2)25-12-26-21/h4-7,10-12H,3,8-9H2,1-2H3,(H,24,25,26). The Balaban J connectivity index is 1.52. The van der Waals surface area contributed by atoms with Gasteiger partial charge in [-0.2, -0.15) is 4.39 Å². The summed E-state index contributed by atoms with van der Waals surface area (Å²) in [6.45, 7) is 4.40. The zero-order valence-corrected chi connectivity index (χ0v) is 15.7. The second-order valence-corrected chi connectivity index (χ2v) is 6.54. The third-order valence-electron chi connectivity index (χ3n) is 4.58. The first kappa shape index (κ1) is 18.0. The van der Waals surface area contributed by atoms with E-state index in [4.69, 9.17) is 4.74 Å². The highest BCUT2D eigenvalue weighted by molar-refractivity contribution is 5.82. The van der Waals surface area contributed by atoms with Crippen LogP contribution in [0.5, 0.6) is 5.88 Å². The second kappa shape index (κ2) is 7.72. The fourth-order valence-corrected chi connectivity index (χ4v) is 3.23. The minimum absolute atomic E-state index is 0.429. The molecule has 4 heterocycles. The molecule has 0 aromatic carbocycles. The van der Waals surface area contributed by atoms with E-state index in [1.54, 1.807) is 12.3 Å². The van der Waals surface area contributed by atoms with Crippen LogP contribution >= 0.6 is 0 Å². The quantitative estimate of drug-likeness (QED) is 0.518. The number of aryl methyl sites for hydroxylation is 1. The topological polar surface area (TPSA) is 76.6 Å². The fourth-order valence-electron chi connectivity index (χ4n) is 3.23. The maximum Gasteiger partial charge on any atom is 0.216 e. The summed E-state index contributed by atoms with van der Waals surface area (Å²) in [6, 6.07) is 7.37. The van der Waals surface area contributed by atoms with Gasteiger partial charge in [-0.25, -0.2) is 19.9 Å². The van der Waals surface area contributed by atoms with Gasteiger partial charge >= 0.3 is 0 Å². The van der Waals surface area contributed by atoms with E-state index in [2.05, 4.69) is 24.9 Å². The van der Waals surface area contributed by atoms with Crippen molar-refractivity contribution in [3.05, 3.63) is 77.0 Å². The molecule has 6 nitrogen and oxygen atoms in total. The van der Waals surface area contributed by atoms with E-state index >= 15 is 0 Å². The molecule has 0 saturated heterocycles. The fraction of sp³-hybridized carbons (Fsp3) is 0.238. The lowest BCUT2D eigenvalue weighted by atomic mass is 10.0. The monoisotopic (exact) mass is 377 g/mol. The normalized spacial score (nSPS) is 11.1. The van der Waals surface area contributed by atoms with Gasteiger partial charge in [0.1, 0.15) is 12.0 Å². The number of ether oxygens (including phenoxy) is 1. The van der Waals surface area contributed by atoms with Crippen LogP contribution in [0.15, 0.2) is 43.0 Å². The van der Waals surface area contributed by atoms with Crippen molar-refractivity contribution in [1.29, 1.82) is 0 Å². The van der Waals surface area contributed by atoms with Gasteiger partial charge in [0, 0.05) is 47.9 Å². The third kappa shape index (κ3) is 3.69. The number of H-pyrrole nitrogens is 1. The molecule has 0 aliphatic rings. The number of halogens is 1. The molecular formula is C21H20FN5O. The van der Waals surface area contributed by atoms with Gasteiger partial charge in [-0.05, 0) is 31.0 Å². The van der Waals surface area contributed by atoms with Crippen LogP contribution in [0, 0.1) is 12.9 Å². The summed E-state index contributed by atoms with van der Waals surface area (Å²) in [5.41, 5.74) is 4.73. The van der Waals surface area contributed by atoms with Crippen LogP contribution in [0.4, 0.5) is 4.39 Å². The first-order valence-corrected chi connectivity index (χ1v) is 9.13. The molecular weight excluding hydrogens is 357 g/mol. The van der Waals surface area contributed by atoms with Gasteiger partial charge in [0.25, 0.3) is 0 Å². The summed E-state index contributed by atoms with van der Waals surface area (Å²) in [5, 5.41) is 0.937. The van der Waals surface area contributed by atoms with Crippen molar-refractivity contribution < 1.29 is 9.13 Å². The van der Waals surface area contributed by atoms with E-state index in [0.29, 0.717) is 36.6 Å². The van der Waals surface area contributed by atoms with Gasteiger partial charge in [0.15, 0.2) is 0 Å². The number of nitrogens with zero attached hydrogens (tertiary/aromatic N) is 4. The lowest BCUT2D eigenvalue weighted by Crippen LogP contribution is -2.01. The molecule has 0 fully saturated rings. The Hall–Kier alpha value is -3.35. The molecule has 4 aromatic rings. The van der Waals surface area contributed by atoms with Crippen LogP contribution < -0.4 is 4.74 Å². The van der Waals surface area contributed by atoms with Crippen molar-refractivity contribution in [2.24, 2.45) is 0 Å². The van der Waals surface area contributed by atoms with Crippen molar-refractivity contribution in [3.63, 3.8) is 0 Å². The van der Waals surface area contributed by atoms with Gasteiger partial charge in [-0.15, -0.1) is 0 Å². The van der Waals surface area contributed by atoms with Crippen LogP contribution in [0.3, 0.4) is 0 Å². The molecule has 4 rings (SSSR count). The lowest BCUT2D eigenvalue weighted by molar-refractivity contribution is 0.326. The molecule has 4 aromatic heterocycles. The largest absolute Gasteiger partial charge is 0.478 e. The van der Waals surface area contributed by atoms with Crippen LogP contribution in [0.25, 0.3) is 11.0 Å². The lowest BCUT2D eigenvalue weighted by Gasteiger charge is -2.07. The van der Waals surface area contributed by atoms with Crippen molar-refractivity contribution in [2.45, 2.75) is 26.7 Å². The van der Waals surface area contributed by atoms with Crippen molar-refractivity contribution in [1.82, 2.24) is 24.9 Å². The third-order valence-corrected chi connectivity index (χ3v) is 4.58. The predicted octanol–water partition coefficient (Wildman–Crippen LogP) is 3.78. The Morgan fingerprint density at radius 3 is 2.68 bits per heavy atom. The number of pyridine rings is 2. The second-order valence-electron chi connectivity index (χ2n) is 6.54. The average Bonchev–Trinajstić information content (AvgIpc) is 3.10. The molecule has 0 bridgehead atoms. The maximum atomic E-state index is 14.6.